The fourth-order valence-corrected chi connectivity index (χ4v) is 4.09. The summed E-state index contributed by atoms with van der Waals surface area (Å²) in [7, 11) is 1.35. The summed E-state index contributed by atoms with van der Waals surface area (Å²) in [5, 5.41) is 14.6. The lowest BCUT2D eigenvalue weighted by Gasteiger charge is -2.30. The lowest BCUT2D eigenvalue weighted by Crippen LogP contribution is -2.51. The van der Waals surface area contributed by atoms with Gasteiger partial charge in [0.1, 0.15) is 12.1 Å². The average molecular weight is 587 g/mol. The molecule has 238 valence electrons. The SMILES string of the molecule is CCC(C)(C)CC[C@H](NC(=O)N1CCOCC1)C(=O)O.CCC(C)(C)CC[C@H](NC(=O)N1CCOCC1)C(=O)OC. The van der Waals surface area contributed by atoms with Gasteiger partial charge in [-0.05, 0) is 36.5 Å². The molecule has 0 radical (unpaired) electrons. The van der Waals surface area contributed by atoms with Gasteiger partial charge in [-0.1, -0.05) is 54.4 Å². The van der Waals surface area contributed by atoms with Gasteiger partial charge in [0.05, 0.1) is 33.5 Å². The summed E-state index contributed by atoms with van der Waals surface area (Å²) in [5.74, 6) is -1.36. The Morgan fingerprint density at radius 2 is 1.12 bits per heavy atom. The van der Waals surface area contributed by atoms with Crippen LogP contribution in [0.1, 0.15) is 80.1 Å². The monoisotopic (exact) mass is 586 g/mol. The normalized spacial score (nSPS) is 17.4. The number of carboxylic acid groups (broad SMARTS) is 1. The lowest BCUT2D eigenvalue weighted by molar-refractivity contribution is -0.143. The molecule has 2 fully saturated rings. The summed E-state index contributed by atoms with van der Waals surface area (Å²) < 4.78 is 15.2. The van der Waals surface area contributed by atoms with Crippen LogP contribution >= 0.6 is 0 Å². The topological polar surface area (TPSA) is 147 Å². The standard InChI is InChI=1S/C15H28N2O4.C14H26N2O4/c1-5-15(2,3)7-6-12(13(18)20-4)16-14(19)17-8-10-21-11-9-17;1-4-14(2,3)6-5-11(12(17)18)15-13(19)16-7-9-20-10-8-16/h12H,5-11H2,1-4H3,(H,16,19);11H,4-10H2,1-3H3,(H,15,19)(H,17,18)/t12-;11-/m00/s1. The number of amides is 4. The zero-order chi connectivity index (χ0) is 31.1. The second kappa shape index (κ2) is 18.0. The summed E-state index contributed by atoms with van der Waals surface area (Å²) >= 11 is 0. The van der Waals surface area contributed by atoms with Crippen molar-refractivity contribution in [1.82, 2.24) is 20.4 Å². The fourth-order valence-electron chi connectivity index (χ4n) is 4.09. The largest absolute Gasteiger partial charge is 0.480 e. The molecule has 12 nitrogen and oxygen atoms in total. The molecule has 4 amide bonds. The number of carboxylic acids is 1. The van der Waals surface area contributed by atoms with Gasteiger partial charge in [-0.3, -0.25) is 0 Å². The molecular weight excluding hydrogens is 532 g/mol. The van der Waals surface area contributed by atoms with Gasteiger partial charge in [-0.15, -0.1) is 0 Å². The molecule has 3 N–H and O–H groups in total. The number of rotatable bonds is 12. The van der Waals surface area contributed by atoms with Crippen LogP contribution in [0.5, 0.6) is 0 Å². The maximum Gasteiger partial charge on any atom is 0.328 e. The number of carbonyl (C=O) groups excluding carboxylic acids is 3. The average Bonchev–Trinajstić information content (AvgIpc) is 2.97. The van der Waals surface area contributed by atoms with E-state index in [2.05, 4.69) is 52.2 Å². The van der Waals surface area contributed by atoms with Crippen molar-refractivity contribution < 1.29 is 38.5 Å². The summed E-state index contributed by atoms with van der Waals surface area (Å²) in [6, 6.07) is -1.94. The number of morpholine rings is 2. The van der Waals surface area contributed by atoms with Gasteiger partial charge in [0, 0.05) is 26.2 Å². The van der Waals surface area contributed by atoms with Gasteiger partial charge in [0.15, 0.2) is 0 Å². The molecule has 12 heteroatoms. The molecule has 0 bridgehead atoms. The minimum Gasteiger partial charge on any atom is -0.480 e. The zero-order valence-corrected chi connectivity index (χ0v) is 26.3. The van der Waals surface area contributed by atoms with Crippen molar-refractivity contribution >= 4 is 24.0 Å². The summed E-state index contributed by atoms with van der Waals surface area (Å²) in [5.41, 5.74) is 0.243. The summed E-state index contributed by atoms with van der Waals surface area (Å²) in [4.78, 5) is 50.6. The van der Waals surface area contributed by atoms with Gasteiger partial charge in [0.2, 0.25) is 0 Å². The second-order valence-corrected chi connectivity index (χ2v) is 12.2. The van der Waals surface area contributed by atoms with E-state index < -0.39 is 18.1 Å². The highest BCUT2D eigenvalue weighted by Gasteiger charge is 2.28. The molecule has 2 rings (SSSR count). The van der Waals surface area contributed by atoms with Crippen molar-refractivity contribution in [2.45, 2.75) is 92.2 Å². The van der Waals surface area contributed by atoms with E-state index in [1.54, 1.807) is 9.80 Å². The Bertz CT molecular complexity index is 824. The van der Waals surface area contributed by atoms with Crippen molar-refractivity contribution in [3.8, 4) is 0 Å². The first-order valence-electron chi connectivity index (χ1n) is 14.8. The van der Waals surface area contributed by atoms with Gasteiger partial charge in [-0.25, -0.2) is 19.2 Å². The van der Waals surface area contributed by atoms with Gasteiger partial charge < -0.3 is 39.8 Å². The van der Waals surface area contributed by atoms with E-state index in [9.17, 15) is 24.3 Å². The number of nitrogens with one attached hydrogen (secondary N) is 2. The third kappa shape index (κ3) is 14.2. The van der Waals surface area contributed by atoms with E-state index in [0.717, 1.165) is 25.7 Å². The van der Waals surface area contributed by atoms with Crippen LogP contribution in [0.2, 0.25) is 0 Å². The predicted molar refractivity (Wildman–Crippen MR) is 156 cm³/mol. The van der Waals surface area contributed by atoms with Crippen LogP contribution in [0.25, 0.3) is 0 Å². The second-order valence-electron chi connectivity index (χ2n) is 12.2. The number of urea groups is 2. The van der Waals surface area contributed by atoms with Crippen molar-refractivity contribution in [1.29, 1.82) is 0 Å². The molecule has 41 heavy (non-hydrogen) atoms. The van der Waals surface area contributed by atoms with E-state index in [1.165, 1.54) is 7.11 Å². The smallest absolute Gasteiger partial charge is 0.328 e. The molecular formula is C29H54N4O8. The van der Waals surface area contributed by atoms with Crippen LogP contribution < -0.4 is 10.6 Å². The molecule has 2 saturated heterocycles. The van der Waals surface area contributed by atoms with E-state index in [1.807, 2.05) is 0 Å². The van der Waals surface area contributed by atoms with Crippen molar-refractivity contribution in [2.75, 3.05) is 59.7 Å². The number of esters is 1. The number of aliphatic carboxylic acids is 1. The Kier molecular flexibility index (Phi) is 16.0. The number of hydrogen-bond acceptors (Lipinski definition) is 7. The molecule has 0 spiro atoms. The number of ether oxygens (including phenoxy) is 3. The quantitative estimate of drug-likeness (QED) is 0.295. The fraction of sp³-hybridized carbons (Fsp3) is 0.862. The first-order valence-corrected chi connectivity index (χ1v) is 14.8. The Balaban J connectivity index is 0.000000410. The summed E-state index contributed by atoms with van der Waals surface area (Å²) in [6.45, 7) is 17.0. The van der Waals surface area contributed by atoms with Gasteiger partial charge >= 0.3 is 24.0 Å². The van der Waals surface area contributed by atoms with Crippen LogP contribution in [0.3, 0.4) is 0 Å². The molecule has 0 unspecified atom stereocenters. The Morgan fingerprint density at radius 1 is 0.756 bits per heavy atom. The van der Waals surface area contributed by atoms with Crippen LogP contribution in [-0.2, 0) is 23.8 Å². The Hall–Kier alpha value is -2.60. The highest BCUT2D eigenvalue weighted by molar-refractivity contribution is 5.83. The first kappa shape index (κ1) is 36.4. The van der Waals surface area contributed by atoms with E-state index in [-0.39, 0.29) is 28.9 Å². The minimum atomic E-state index is -0.974. The van der Waals surface area contributed by atoms with Crippen LogP contribution in [0, 0.1) is 10.8 Å². The number of nitrogens with zero attached hydrogens (tertiary/aromatic N) is 2. The van der Waals surface area contributed by atoms with E-state index in [0.29, 0.717) is 65.4 Å². The molecule has 2 aliphatic heterocycles. The highest BCUT2D eigenvalue weighted by atomic mass is 16.5. The maximum atomic E-state index is 12.2. The lowest BCUT2D eigenvalue weighted by atomic mass is 9.84. The number of hydrogen-bond donors (Lipinski definition) is 3. The Labute approximate surface area is 245 Å². The zero-order valence-electron chi connectivity index (χ0n) is 26.3. The Morgan fingerprint density at radius 3 is 1.46 bits per heavy atom. The molecule has 0 aliphatic carbocycles. The number of carbonyl (C=O) groups is 4. The maximum absolute atomic E-state index is 12.2. The van der Waals surface area contributed by atoms with Crippen molar-refractivity contribution in [3.05, 3.63) is 0 Å². The first-order chi connectivity index (χ1) is 19.2. The van der Waals surface area contributed by atoms with E-state index >= 15 is 0 Å². The third-order valence-corrected chi connectivity index (χ3v) is 8.11. The van der Waals surface area contributed by atoms with Crippen LogP contribution in [0.4, 0.5) is 9.59 Å². The minimum absolute atomic E-state index is 0.0946. The summed E-state index contributed by atoms with van der Waals surface area (Å²) in [6.07, 6.45) is 4.67. The molecule has 0 aromatic rings. The molecule has 0 aromatic carbocycles. The molecule has 0 aromatic heterocycles. The van der Waals surface area contributed by atoms with Crippen LogP contribution in [0.15, 0.2) is 0 Å². The van der Waals surface area contributed by atoms with Gasteiger partial charge in [0.25, 0.3) is 0 Å². The van der Waals surface area contributed by atoms with E-state index in [4.69, 9.17) is 14.2 Å². The van der Waals surface area contributed by atoms with Crippen molar-refractivity contribution in [3.63, 3.8) is 0 Å². The third-order valence-electron chi connectivity index (χ3n) is 8.11. The molecule has 2 atom stereocenters. The number of methoxy groups -OCH3 is 1. The highest BCUT2D eigenvalue weighted by Crippen LogP contribution is 2.27. The molecule has 2 aliphatic rings. The van der Waals surface area contributed by atoms with Gasteiger partial charge in [-0.2, -0.15) is 0 Å². The molecule has 2 heterocycles. The van der Waals surface area contributed by atoms with Crippen molar-refractivity contribution in [2.24, 2.45) is 10.8 Å². The predicted octanol–water partition coefficient (Wildman–Crippen LogP) is 3.48. The molecule has 0 saturated carbocycles. The van der Waals surface area contributed by atoms with Crippen LogP contribution in [-0.4, -0.2) is 111 Å².